The topological polar surface area (TPSA) is 42.1 Å². The first-order valence-corrected chi connectivity index (χ1v) is 7.12. The van der Waals surface area contributed by atoms with Gasteiger partial charge in [0, 0.05) is 18.5 Å². The maximum atomic E-state index is 5.79. The van der Waals surface area contributed by atoms with Crippen LogP contribution < -0.4 is 5.73 Å². The van der Waals surface area contributed by atoms with Crippen LogP contribution in [0.2, 0.25) is 0 Å². The van der Waals surface area contributed by atoms with E-state index < -0.39 is 0 Å². The summed E-state index contributed by atoms with van der Waals surface area (Å²) in [5, 5.41) is 1.21. The van der Waals surface area contributed by atoms with Crippen LogP contribution in [0.1, 0.15) is 18.5 Å². The molecule has 0 amide bonds. The molecule has 1 atom stereocenters. The van der Waals surface area contributed by atoms with Crippen molar-refractivity contribution >= 4 is 10.9 Å². The van der Waals surface area contributed by atoms with Crippen molar-refractivity contribution in [1.82, 2.24) is 9.88 Å². The highest BCUT2D eigenvalue weighted by atomic mass is 15.1. The molecule has 0 spiro atoms. The third-order valence-corrected chi connectivity index (χ3v) is 3.98. The lowest BCUT2D eigenvalue weighted by molar-refractivity contribution is 0.169. The molecular formula is C16H21N3. The van der Waals surface area contributed by atoms with Crippen LogP contribution in [-0.4, -0.2) is 29.5 Å². The Balaban J connectivity index is 1.74. The number of hydrogen-bond donors (Lipinski definition) is 1. The van der Waals surface area contributed by atoms with Crippen LogP contribution in [0.25, 0.3) is 10.9 Å². The number of fused-ring (bicyclic) bond motifs is 1. The van der Waals surface area contributed by atoms with E-state index in [0.717, 1.165) is 30.8 Å². The number of para-hydroxylation sites is 1. The molecule has 2 N–H and O–H groups in total. The van der Waals surface area contributed by atoms with Crippen molar-refractivity contribution in [3.05, 3.63) is 42.1 Å². The third-order valence-electron chi connectivity index (χ3n) is 3.98. The Morgan fingerprint density at radius 1 is 1.21 bits per heavy atom. The van der Waals surface area contributed by atoms with Gasteiger partial charge in [0.25, 0.3) is 0 Å². The lowest BCUT2D eigenvalue weighted by atomic mass is 9.98. The molecule has 1 aromatic carbocycles. The van der Waals surface area contributed by atoms with Crippen molar-refractivity contribution in [2.24, 2.45) is 11.7 Å². The number of benzene rings is 1. The molecule has 1 unspecified atom stereocenters. The highest BCUT2D eigenvalue weighted by Crippen LogP contribution is 2.18. The van der Waals surface area contributed by atoms with E-state index in [1.807, 2.05) is 6.07 Å². The van der Waals surface area contributed by atoms with Crippen LogP contribution in [-0.2, 0) is 6.54 Å². The van der Waals surface area contributed by atoms with Crippen molar-refractivity contribution < 1.29 is 0 Å². The normalized spacial score (nSPS) is 20.8. The number of likely N-dealkylation sites (tertiary alicyclic amines) is 1. The molecule has 100 valence electrons. The fourth-order valence-electron chi connectivity index (χ4n) is 2.91. The molecule has 2 aromatic rings. The molecule has 1 fully saturated rings. The van der Waals surface area contributed by atoms with E-state index in [9.17, 15) is 0 Å². The van der Waals surface area contributed by atoms with Crippen LogP contribution in [0.3, 0.4) is 0 Å². The summed E-state index contributed by atoms with van der Waals surface area (Å²) in [6, 6.07) is 12.6. The molecular weight excluding hydrogens is 234 g/mol. The number of pyridine rings is 1. The van der Waals surface area contributed by atoms with E-state index in [0.29, 0.717) is 5.92 Å². The Morgan fingerprint density at radius 3 is 3.00 bits per heavy atom. The number of aromatic nitrogens is 1. The second-order valence-corrected chi connectivity index (χ2v) is 5.47. The fraction of sp³-hybridized carbons (Fsp3) is 0.438. The number of rotatable bonds is 3. The summed E-state index contributed by atoms with van der Waals surface area (Å²) in [6.45, 7) is 4.04. The van der Waals surface area contributed by atoms with Gasteiger partial charge in [-0.15, -0.1) is 0 Å². The van der Waals surface area contributed by atoms with E-state index >= 15 is 0 Å². The van der Waals surface area contributed by atoms with Crippen LogP contribution in [0.4, 0.5) is 0 Å². The molecule has 3 rings (SSSR count). The number of nitrogens with zero attached hydrogens (tertiary/aromatic N) is 2. The van der Waals surface area contributed by atoms with Gasteiger partial charge >= 0.3 is 0 Å². The molecule has 1 aromatic heterocycles. The van der Waals surface area contributed by atoms with Crippen molar-refractivity contribution in [2.45, 2.75) is 19.4 Å². The largest absolute Gasteiger partial charge is 0.330 e. The Labute approximate surface area is 114 Å². The molecule has 0 radical (unpaired) electrons. The van der Waals surface area contributed by atoms with Gasteiger partial charge in [-0.1, -0.05) is 24.3 Å². The van der Waals surface area contributed by atoms with Gasteiger partial charge in [0.2, 0.25) is 0 Å². The second kappa shape index (κ2) is 5.68. The maximum absolute atomic E-state index is 5.79. The predicted octanol–water partition coefficient (Wildman–Crippen LogP) is 2.41. The average Bonchev–Trinajstić information content (AvgIpc) is 2.47. The molecule has 3 heteroatoms. The summed E-state index contributed by atoms with van der Waals surface area (Å²) in [5.74, 6) is 0.661. The Kier molecular flexibility index (Phi) is 3.76. The van der Waals surface area contributed by atoms with Gasteiger partial charge < -0.3 is 5.73 Å². The molecule has 0 bridgehead atoms. The van der Waals surface area contributed by atoms with Gasteiger partial charge in [0.05, 0.1) is 11.2 Å². The number of nitrogens with two attached hydrogens (primary N) is 1. The zero-order valence-electron chi connectivity index (χ0n) is 11.3. The minimum absolute atomic E-state index is 0.661. The van der Waals surface area contributed by atoms with Crippen LogP contribution in [0, 0.1) is 5.92 Å². The summed E-state index contributed by atoms with van der Waals surface area (Å²) in [5.41, 5.74) is 8.04. The summed E-state index contributed by atoms with van der Waals surface area (Å²) < 4.78 is 0. The van der Waals surface area contributed by atoms with E-state index in [1.54, 1.807) is 0 Å². The molecule has 3 nitrogen and oxygen atoms in total. The lowest BCUT2D eigenvalue weighted by Gasteiger charge is -2.31. The van der Waals surface area contributed by atoms with Crippen LogP contribution in [0.5, 0.6) is 0 Å². The first-order valence-electron chi connectivity index (χ1n) is 7.12. The maximum Gasteiger partial charge on any atom is 0.0705 e. The number of hydrogen-bond acceptors (Lipinski definition) is 3. The average molecular weight is 255 g/mol. The molecule has 19 heavy (non-hydrogen) atoms. The first-order chi connectivity index (χ1) is 9.35. The monoisotopic (exact) mass is 255 g/mol. The van der Waals surface area contributed by atoms with Gasteiger partial charge in [-0.2, -0.15) is 0 Å². The van der Waals surface area contributed by atoms with Crippen molar-refractivity contribution in [3.63, 3.8) is 0 Å². The highest BCUT2D eigenvalue weighted by molar-refractivity contribution is 5.78. The fourth-order valence-corrected chi connectivity index (χ4v) is 2.91. The van der Waals surface area contributed by atoms with Gasteiger partial charge in [-0.25, -0.2) is 0 Å². The predicted molar refractivity (Wildman–Crippen MR) is 78.8 cm³/mol. The van der Waals surface area contributed by atoms with E-state index in [1.165, 1.54) is 24.8 Å². The molecule has 0 saturated carbocycles. The Hall–Kier alpha value is -1.45. The quantitative estimate of drug-likeness (QED) is 0.915. The standard InChI is InChI=1S/C16H21N3/c17-10-13-4-3-9-19(11-13)12-15-8-7-14-5-1-2-6-16(14)18-15/h1-2,5-8,13H,3-4,9-12,17H2. The van der Waals surface area contributed by atoms with E-state index in [4.69, 9.17) is 10.7 Å². The van der Waals surface area contributed by atoms with Crippen molar-refractivity contribution in [1.29, 1.82) is 0 Å². The number of piperidine rings is 1. The Bertz CT molecular complexity index is 552. The zero-order valence-corrected chi connectivity index (χ0v) is 11.3. The van der Waals surface area contributed by atoms with Crippen LogP contribution in [0.15, 0.2) is 36.4 Å². The Morgan fingerprint density at radius 2 is 2.11 bits per heavy atom. The van der Waals surface area contributed by atoms with Gasteiger partial charge in [-0.3, -0.25) is 9.88 Å². The molecule has 0 aliphatic carbocycles. The van der Waals surface area contributed by atoms with Crippen LogP contribution >= 0.6 is 0 Å². The molecule has 2 heterocycles. The first kappa shape index (κ1) is 12.6. The smallest absolute Gasteiger partial charge is 0.0705 e. The minimum atomic E-state index is 0.661. The second-order valence-electron chi connectivity index (χ2n) is 5.47. The third kappa shape index (κ3) is 2.94. The molecule has 1 aliphatic heterocycles. The lowest BCUT2D eigenvalue weighted by Crippen LogP contribution is -2.38. The van der Waals surface area contributed by atoms with Gasteiger partial charge in [-0.05, 0) is 44.0 Å². The highest BCUT2D eigenvalue weighted by Gasteiger charge is 2.18. The summed E-state index contributed by atoms with van der Waals surface area (Å²) >= 11 is 0. The zero-order chi connectivity index (χ0) is 13.1. The van der Waals surface area contributed by atoms with Gasteiger partial charge in [0.15, 0.2) is 0 Å². The summed E-state index contributed by atoms with van der Waals surface area (Å²) in [4.78, 5) is 7.23. The minimum Gasteiger partial charge on any atom is -0.330 e. The van der Waals surface area contributed by atoms with E-state index in [2.05, 4.69) is 35.2 Å². The summed E-state index contributed by atoms with van der Waals surface area (Å²) in [7, 11) is 0. The summed E-state index contributed by atoms with van der Waals surface area (Å²) in [6.07, 6.45) is 2.54. The van der Waals surface area contributed by atoms with Crippen molar-refractivity contribution in [3.8, 4) is 0 Å². The molecule has 1 aliphatic rings. The molecule has 1 saturated heterocycles. The van der Waals surface area contributed by atoms with Crippen molar-refractivity contribution in [2.75, 3.05) is 19.6 Å². The van der Waals surface area contributed by atoms with Gasteiger partial charge in [0.1, 0.15) is 0 Å². The van der Waals surface area contributed by atoms with E-state index in [-0.39, 0.29) is 0 Å². The SMILES string of the molecule is NCC1CCCN(Cc2ccc3ccccc3n2)C1.